The van der Waals surface area contributed by atoms with E-state index in [1.54, 1.807) is 18.4 Å². The fraction of sp³-hybridized carbons (Fsp3) is 0.722. The van der Waals surface area contributed by atoms with Crippen LogP contribution in [0.25, 0.3) is 0 Å². The predicted molar refractivity (Wildman–Crippen MR) is 121 cm³/mol. The number of aliphatic imine (C=N–C) groups is 1. The molecular formula is C18H32IN5O2S. The van der Waals surface area contributed by atoms with Gasteiger partial charge in [0.2, 0.25) is 0 Å². The van der Waals surface area contributed by atoms with Gasteiger partial charge >= 0.3 is 6.09 Å². The molecule has 2 rings (SSSR count). The lowest BCUT2D eigenvalue weighted by Crippen LogP contribution is -2.52. The smallest absolute Gasteiger partial charge is 0.410 e. The second-order valence-electron chi connectivity index (χ2n) is 7.49. The molecule has 0 spiro atoms. The van der Waals surface area contributed by atoms with Gasteiger partial charge < -0.3 is 20.3 Å². The first kappa shape index (κ1) is 23.9. The zero-order chi connectivity index (χ0) is 19.2. The summed E-state index contributed by atoms with van der Waals surface area (Å²) in [5.74, 6) is 0.715. The van der Waals surface area contributed by atoms with Crippen molar-refractivity contribution in [2.75, 3.05) is 20.1 Å². The number of carbonyl (C=O) groups is 1. The number of nitrogens with zero attached hydrogens (tertiary/aromatic N) is 3. The average molecular weight is 509 g/mol. The van der Waals surface area contributed by atoms with Crippen LogP contribution in [0.1, 0.15) is 49.9 Å². The van der Waals surface area contributed by atoms with Crippen molar-refractivity contribution in [2.45, 2.75) is 65.1 Å². The number of ether oxygens (including phenoxy) is 1. The van der Waals surface area contributed by atoms with Crippen LogP contribution in [-0.2, 0) is 11.3 Å². The van der Waals surface area contributed by atoms with Crippen LogP contribution >= 0.6 is 35.3 Å². The Morgan fingerprint density at radius 2 is 2.15 bits per heavy atom. The molecule has 0 aliphatic carbocycles. The van der Waals surface area contributed by atoms with Crippen LogP contribution in [0, 0.1) is 6.92 Å². The summed E-state index contributed by atoms with van der Waals surface area (Å²) < 4.78 is 5.55. The minimum absolute atomic E-state index is 0. The van der Waals surface area contributed by atoms with Gasteiger partial charge in [0.1, 0.15) is 10.6 Å². The fourth-order valence-electron chi connectivity index (χ4n) is 2.85. The molecule has 1 amide bonds. The molecule has 27 heavy (non-hydrogen) atoms. The zero-order valence-corrected chi connectivity index (χ0v) is 20.0. The molecular weight excluding hydrogens is 477 g/mol. The van der Waals surface area contributed by atoms with Crippen LogP contribution < -0.4 is 10.6 Å². The Hall–Kier alpha value is -1.10. The number of aromatic nitrogens is 1. The van der Waals surface area contributed by atoms with Crippen LogP contribution in [0.3, 0.4) is 0 Å². The molecule has 9 heteroatoms. The van der Waals surface area contributed by atoms with Crippen LogP contribution in [0.5, 0.6) is 0 Å². The van der Waals surface area contributed by atoms with E-state index in [1.165, 1.54) is 4.88 Å². The van der Waals surface area contributed by atoms with Gasteiger partial charge in [-0.05, 0) is 47.0 Å². The molecule has 1 aliphatic rings. The number of hydrogen-bond donors (Lipinski definition) is 2. The van der Waals surface area contributed by atoms with E-state index >= 15 is 0 Å². The highest BCUT2D eigenvalue weighted by Crippen LogP contribution is 2.20. The number of thiazole rings is 1. The van der Waals surface area contributed by atoms with Gasteiger partial charge in [-0.2, -0.15) is 0 Å². The van der Waals surface area contributed by atoms with Gasteiger partial charge in [0.05, 0.1) is 12.6 Å². The summed E-state index contributed by atoms with van der Waals surface area (Å²) in [5, 5.41) is 7.63. The molecule has 1 saturated heterocycles. The molecule has 0 bridgehead atoms. The van der Waals surface area contributed by atoms with Crippen molar-refractivity contribution < 1.29 is 9.53 Å². The van der Waals surface area contributed by atoms with E-state index in [1.807, 2.05) is 38.8 Å². The zero-order valence-electron chi connectivity index (χ0n) is 16.9. The summed E-state index contributed by atoms with van der Waals surface area (Å²) in [6.07, 6.45) is 4.75. The molecule has 0 saturated carbocycles. The summed E-state index contributed by atoms with van der Waals surface area (Å²) in [7, 11) is 1.74. The minimum Gasteiger partial charge on any atom is -0.444 e. The maximum atomic E-state index is 12.5. The topological polar surface area (TPSA) is 78.9 Å². The summed E-state index contributed by atoms with van der Waals surface area (Å²) in [6.45, 7) is 9.76. The molecule has 1 aromatic rings. The maximum Gasteiger partial charge on any atom is 0.410 e. The number of aryl methyl sites for hydroxylation is 1. The van der Waals surface area contributed by atoms with Crippen molar-refractivity contribution in [1.82, 2.24) is 20.5 Å². The Morgan fingerprint density at radius 1 is 1.41 bits per heavy atom. The number of halogens is 1. The maximum absolute atomic E-state index is 12.5. The minimum atomic E-state index is -0.476. The predicted octanol–water partition coefficient (Wildman–Crippen LogP) is 3.52. The van der Waals surface area contributed by atoms with Gasteiger partial charge in [-0.3, -0.25) is 4.99 Å². The third-order valence-electron chi connectivity index (χ3n) is 4.06. The standard InChI is InChI=1S/C18H31N5O2S.HI/c1-13-10-20-15(26-13)12-22-16(19-5)21-11-14-8-6-7-9-23(14)17(24)25-18(2,3)4;/h10,14H,6-9,11-12H2,1-5H3,(H2,19,21,22);1H. The van der Waals surface area contributed by atoms with Crippen molar-refractivity contribution in [1.29, 1.82) is 0 Å². The van der Waals surface area contributed by atoms with E-state index in [9.17, 15) is 4.79 Å². The summed E-state index contributed by atoms with van der Waals surface area (Å²) >= 11 is 1.67. The van der Waals surface area contributed by atoms with Crippen molar-refractivity contribution >= 4 is 47.4 Å². The highest BCUT2D eigenvalue weighted by Gasteiger charge is 2.30. The number of hydrogen-bond acceptors (Lipinski definition) is 5. The summed E-state index contributed by atoms with van der Waals surface area (Å²) in [6, 6.07) is 0.110. The number of likely N-dealkylation sites (tertiary alicyclic amines) is 1. The third kappa shape index (κ3) is 8.20. The van der Waals surface area contributed by atoms with E-state index in [0.29, 0.717) is 19.0 Å². The summed E-state index contributed by atoms with van der Waals surface area (Å²) in [5.41, 5.74) is -0.476. The largest absolute Gasteiger partial charge is 0.444 e. The highest BCUT2D eigenvalue weighted by molar-refractivity contribution is 14.0. The molecule has 0 aromatic carbocycles. The van der Waals surface area contributed by atoms with Crippen LogP contribution in [-0.4, -0.2) is 53.7 Å². The Kier molecular flexibility index (Phi) is 9.78. The number of piperidine rings is 1. The van der Waals surface area contributed by atoms with Crippen LogP contribution in [0.2, 0.25) is 0 Å². The molecule has 1 unspecified atom stereocenters. The van der Waals surface area contributed by atoms with Gasteiger partial charge in [-0.1, -0.05) is 0 Å². The monoisotopic (exact) mass is 509 g/mol. The third-order valence-corrected chi connectivity index (χ3v) is 4.97. The van der Waals surface area contributed by atoms with E-state index in [0.717, 1.165) is 30.8 Å². The van der Waals surface area contributed by atoms with Gasteiger partial charge in [0, 0.05) is 31.2 Å². The van der Waals surface area contributed by atoms with Gasteiger partial charge in [-0.15, -0.1) is 35.3 Å². The second-order valence-corrected chi connectivity index (χ2v) is 8.81. The lowest BCUT2D eigenvalue weighted by molar-refractivity contribution is 0.0104. The fourth-order valence-corrected chi connectivity index (χ4v) is 3.58. The molecule has 154 valence electrons. The van der Waals surface area contributed by atoms with Crippen molar-refractivity contribution in [2.24, 2.45) is 4.99 Å². The Balaban J connectivity index is 0.00000364. The quantitative estimate of drug-likeness (QED) is 0.369. The number of carbonyl (C=O) groups excluding carboxylic acids is 1. The van der Waals surface area contributed by atoms with Crippen molar-refractivity contribution in [3.63, 3.8) is 0 Å². The summed E-state index contributed by atoms with van der Waals surface area (Å²) in [4.78, 5) is 24.1. The Labute approximate surface area is 183 Å². The van der Waals surface area contributed by atoms with Gasteiger partial charge in [0.25, 0.3) is 0 Å². The van der Waals surface area contributed by atoms with Gasteiger partial charge in [0.15, 0.2) is 5.96 Å². The highest BCUT2D eigenvalue weighted by atomic mass is 127. The molecule has 1 aliphatic heterocycles. The second kappa shape index (κ2) is 11.0. The molecule has 0 radical (unpaired) electrons. The number of rotatable bonds is 4. The normalized spacial score (nSPS) is 17.9. The first-order valence-electron chi connectivity index (χ1n) is 9.14. The van der Waals surface area contributed by atoms with E-state index in [2.05, 4.69) is 20.6 Å². The van der Waals surface area contributed by atoms with Crippen LogP contribution in [0.4, 0.5) is 4.79 Å². The molecule has 2 N–H and O–H groups in total. The Bertz CT molecular complexity index is 630. The van der Waals surface area contributed by atoms with Gasteiger partial charge in [-0.25, -0.2) is 9.78 Å². The number of guanidine groups is 1. The average Bonchev–Trinajstić information content (AvgIpc) is 2.99. The lowest BCUT2D eigenvalue weighted by atomic mass is 10.0. The molecule has 1 fully saturated rings. The molecule has 2 heterocycles. The molecule has 7 nitrogen and oxygen atoms in total. The molecule has 1 aromatic heterocycles. The van der Waals surface area contributed by atoms with Crippen molar-refractivity contribution in [3.8, 4) is 0 Å². The SMILES string of the molecule is CN=C(NCc1ncc(C)s1)NCC1CCCCN1C(=O)OC(C)(C)C.I. The first-order valence-corrected chi connectivity index (χ1v) is 9.95. The first-order chi connectivity index (χ1) is 12.3. The number of amides is 1. The number of nitrogens with one attached hydrogen (secondary N) is 2. The van der Waals surface area contributed by atoms with E-state index in [-0.39, 0.29) is 36.1 Å². The molecule has 1 atom stereocenters. The van der Waals surface area contributed by atoms with Crippen LogP contribution in [0.15, 0.2) is 11.2 Å². The lowest BCUT2D eigenvalue weighted by Gasteiger charge is -2.37. The van der Waals surface area contributed by atoms with Crippen molar-refractivity contribution in [3.05, 3.63) is 16.1 Å². The van der Waals surface area contributed by atoms with E-state index < -0.39 is 5.60 Å². The van der Waals surface area contributed by atoms with E-state index in [4.69, 9.17) is 4.74 Å². The Morgan fingerprint density at radius 3 is 2.74 bits per heavy atom.